The molecule has 1 N–H and O–H groups in total. The number of rotatable bonds is 2. The summed E-state index contributed by atoms with van der Waals surface area (Å²) in [6, 6.07) is 6.60. The van der Waals surface area contributed by atoms with Gasteiger partial charge in [-0.1, -0.05) is 23.9 Å². The van der Waals surface area contributed by atoms with Crippen molar-refractivity contribution >= 4 is 16.9 Å². The van der Waals surface area contributed by atoms with Gasteiger partial charge in [0, 0.05) is 12.3 Å². The van der Waals surface area contributed by atoms with Gasteiger partial charge in [0.05, 0.1) is 6.54 Å². The Labute approximate surface area is 86.6 Å². The number of amidine groups is 1. The van der Waals surface area contributed by atoms with Gasteiger partial charge in [-0.2, -0.15) is 0 Å². The highest BCUT2D eigenvalue weighted by Crippen LogP contribution is 2.10. The smallest absolute Gasteiger partial charge is 0.156 e. The van der Waals surface area contributed by atoms with Gasteiger partial charge in [-0.15, -0.1) is 0 Å². The number of nitrogens with zero attached hydrogens (tertiary/aromatic N) is 1. The second-order valence-electron chi connectivity index (χ2n) is 3.02. The molecule has 1 aromatic carbocycles. The molecule has 1 aliphatic rings. The van der Waals surface area contributed by atoms with Gasteiger partial charge in [-0.25, -0.2) is 4.39 Å². The average molecular weight is 210 g/mol. The molecule has 2 nitrogen and oxygen atoms in total. The molecule has 0 amide bonds. The van der Waals surface area contributed by atoms with E-state index in [0.717, 1.165) is 23.0 Å². The highest BCUT2D eigenvalue weighted by molar-refractivity contribution is 8.14. The number of hydrogen-bond donors (Lipinski definition) is 1. The fraction of sp³-hybridized carbons (Fsp3) is 0.300. The van der Waals surface area contributed by atoms with Crippen LogP contribution >= 0.6 is 11.8 Å². The Morgan fingerprint density at radius 3 is 3.14 bits per heavy atom. The molecule has 0 spiro atoms. The van der Waals surface area contributed by atoms with E-state index in [0.29, 0.717) is 6.54 Å². The van der Waals surface area contributed by atoms with Gasteiger partial charge in [-0.3, -0.25) is 4.99 Å². The minimum atomic E-state index is -0.190. The van der Waals surface area contributed by atoms with Crippen molar-refractivity contribution in [2.75, 3.05) is 12.3 Å². The molecule has 0 aromatic heterocycles. The average Bonchev–Trinajstić information content (AvgIpc) is 2.67. The monoisotopic (exact) mass is 210 g/mol. The first-order chi connectivity index (χ1) is 6.84. The van der Waals surface area contributed by atoms with Gasteiger partial charge < -0.3 is 5.32 Å². The zero-order valence-corrected chi connectivity index (χ0v) is 8.48. The van der Waals surface area contributed by atoms with E-state index in [1.165, 1.54) is 12.1 Å². The predicted molar refractivity (Wildman–Crippen MR) is 58.0 cm³/mol. The lowest BCUT2D eigenvalue weighted by atomic mass is 10.2. The Bertz CT molecular complexity index is 352. The van der Waals surface area contributed by atoms with Gasteiger partial charge in [0.15, 0.2) is 5.17 Å². The summed E-state index contributed by atoms with van der Waals surface area (Å²) in [6.07, 6.45) is 0. The summed E-state index contributed by atoms with van der Waals surface area (Å²) in [5.41, 5.74) is 0.945. The van der Waals surface area contributed by atoms with Crippen LogP contribution in [0.5, 0.6) is 0 Å². The molecule has 0 aliphatic carbocycles. The third kappa shape index (κ3) is 2.48. The van der Waals surface area contributed by atoms with Crippen LogP contribution in [0.4, 0.5) is 4.39 Å². The van der Waals surface area contributed by atoms with Crippen LogP contribution in [0.2, 0.25) is 0 Å². The Kier molecular flexibility index (Phi) is 3.03. The van der Waals surface area contributed by atoms with Crippen molar-refractivity contribution in [1.29, 1.82) is 0 Å². The normalized spacial score (nSPS) is 15.4. The summed E-state index contributed by atoms with van der Waals surface area (Å²) in [6.45, 7) is 1.53. The van der Waals surface area contributed by atoms with E-state index >= 15 is 0 Å². The van der Waals surface area contributed by atoms with Crippen molar-refractivity contribution < 1.29 is 4.39 Å². The van der Waals surface area contributed by atoms with Crippen LogP contribution in [0.25, 0.3) is 0 Å². The van der Waals surface area contributed by atoms with Crippen molar-refractivity contribution in [2.24, 2.45) is 4.99 Å². The van der Waals surface area contributed by atoms with Crippen molar-refractivity contribution in [2.45, 2.75) is 6.54 Å². The molecule has 1 heterocycles. The van der Waals surface area contributed by atoms with Gasteiger partial charge in [0.25, 0.3) is 0 Å². The first-order valence-corrected chi connectivity index (χ1v) is 5.49. The second-order valence-corrected chi connectivity index (χ2v) is 4.10. The summed E-state index contributed by atoms with van der Waals surface area (Å²) in [5.74, 6) is 0.858. The number of hydrogen-bond acceptors (Lipinski definition) is 3. The standard InChI is InChI=1S/C10H11FN2S/c11-9-3-1-2-8(6-9)7-13-10-12-4-5-14-10/h1-3,6H,4-5,7H2,(H,12,13). The fourth-order valence-corrected chi connectivity index (χ4v) is 2.00. The maximum absolute atomic E-state index is 12.8. The van der Waals surface area contributed by atoms with E-state index in [-0.39, 0.29) is 5.82 Å². The molecule has 0 fully saturated rings. The van der Waals surface area contributed by atoms with Crippen LogP contribution in [0.15, 0.2) is 29.3 Å². The molecule has 4 heteroatoms. The lowest BCUT2D eigenvalue weighted by Crippen LogP contribution is -2.18. The first-order valence-electron chi connectivity index (χ1n) is 4.50. The van der Waals surface area contributed by atoms with E-state index in [1.54, 1.807) is 17.8 Å². The van der Waals surface area contributed by atoms with Crippen molar-refractivity contribution in [3.63, 3.8) is 0 Å². The lowest BCUT2D eigenvalue weighted by Gasteiger charge is -2.04. The Morgan fingerprint density at radius 2 is 2.43 bits per heavy atom. The molecule has 14 heavy (non-hydrogen) atoms. The van der Waals surface area contributed by atoms with Crippen LogP contribution in [0, 0.1) is 5.82 Å². The quantitative estimate of drug-likeness (QED) is 0.807. The lowest BCUT2D eigenvalue weighted by molar-refractivity contribution is 0.625. The van der Waals surface area contributed by atoms with Crippen LogP contribution in [-0.4, -0.2) is 17.5 Å². The molecule has 0 saturated carbocycles. The van der Waals surface area contributed by atoms with E-state index in [1.807, 2.05) is 6.07 Å². The van der Waals surface area contributed by atoms with Crippen molar-refractivity contribution in [3.8, 4) is 0 Å². The fourth-order valence-electron chi connectivity index (χ4n) is 1.27. The Morgan fingerprint density at radius 1 is 1.50 bits per heavy atom. The van der Waals surface area contributed by atoms with Gasteiger partial charge >= 0.3 is 0 Å². The van der Waals surface area contributed by atoms with Crippen LogP contribution < -0.4 is 5.32 Å². The maximum Gasteiger partial charge on any atom is 0.156 e. The summed E-state index contributed by atoms with van der Waals surface area (Å²) in [7, 11) is 0. The molecular formula is C10H11FN2S. The van der Waals surface area contributed by atoms with E-state index in [9.17, 15) is 4.39 Å². The maximum atomic E-state index is 12.8. The summed E-state index contributed by atoms with van der Waals surface area (Å²) >= 11 is 1.71. The number of benzene rings is 1. The van der Waals surface area contributed by atoms with Gasteiger partial charge in [0.1, 0.15) is 5.82 Å². The third-order valence-corrected chi connectivity index (χ3v) is 2.85. The van der Waals surface area contributed by atoms with E-state index in [2.05, 4.69) is 10.3 Å². The minimum absolute atomic E-state index is 0.190. The molecular weight excluding hydrogens is 199 g/mol. The van der Waals surface area contributed by atoms with Crippen molar-refractivity contribution in [1.82, 2.24) is 5.32 Å². The molecule has 0 atom stereocenters. The van der Waals surface area contributed by atoms with Crippen LogP contribution in [0.3, 0.4) is 0 Å². The Balaban J connectivity index is 1.91. The molecule has 74 valence electrons. The summed E-state index contributed by atoms with van der Waals surface area (Å²) in [5, 5.41) is 4.14. The number of thioether (sulfide) groups is 1. The molecule has 0 unspecified atom stereocenters. The predicted octanol–water partition coefficient (Wildman–Crippen LogP) is 2.02. The number of aliphatic imine (C=N–C) groups is 1. The molecule has 1 aliphatic heterocycles. The van der Waals surface area contributed by atoms with Gasteiger partial charge in [-0.05, 0) is 17.7 Å². The number of nitrogens with one attached hydrogen (secondary N) is 1. The molecule has 2 rings (SSSR count). The molecule has 1 aromatic rings. The number of halogens is 1. The minimum Gasteiger partial charge on any atom is -0.361 e. The second kappa shape index (κ2) is 4.46. The van der Waals surface area contributed by atoms with Crippen molar-refractivity contribution in [3.05, 3.63) is 35.6 Å². The van der Waals surface area contributed by atoms with Crippen LogP contribution in [0.1, 0.15) is 5.56 Å². The topological polar surface area (TPSA) is 24.4 Å². The highest BCUT2D eigenvalue weighted by atomic mass is 32.2. The first kappa shape index (κ1) is 9.52. The molecule has 0 saturated heterocycles. The SMILES string of the molecule is Fc1cccc(CNC2=NCCS2)c1. The summed E-state index contributed by atoms with van der Waals surface area (Å²) < 4.78 is 12.8. The molecule has 0 bridgehead atoms. The van der Waals surface area contributed by atoms with E-state index < -0.39 is 0 Å². The zero-order valence-electron chi connectivity index (χ0n) is 7.66. The van der Waals surface area contributed by atoms with Gasteiger partial charge in [0.2, 0.25) is 0 Å². The van der Waals surface area contributed by atoms with E-state index in [4.69, 9.17) is 0 Å². The third-order valence-electron chi connectivity index (χ3n) is 1.92. The zero-order chi connectivity index (χ0) is 9.80. The summed E-state index contributed by atoms with van der Waals surface area (Å²) in [4.78, 5) is 4.25. The largest absolute Gasteiger partial charge is 0.361 e. The highest BCUT2D eigenvalue weighted by Gasteiger charge is 2.05. The molecule has 0 radical (unpaired) electrons. The van der Waals surface area contributed by atoms with Crippen LogP contribution in [-0.2, 0) is 6.54 Å². The Hall–Kier alpha value is -1.03.